The minimum absolute atomic E-state index is 0.0989. The van der Waals surface area contributed by atoms with Crippen LogP contribution in [0.15, 0.2) is 64.7 Å². The van der Waals surface area contributed by atoms with Crippen molar-refractivity contribution < 1.29 is 13.6 Å². The third kappa shape index (κ3) is 5.09. The second kappa shape index (κ2) is 10.7. The molecule has 0 radical (unpaired) electrons. The molecule has 0 saturated carbocycles. The molecule has 2 heterocycles. The number of aryl methyl sites for hydroxylation is 2. The van der Waals surface area contributed by atoms with E-state index in [9.17, 15) is 13.6 Å². The molecule has 5 nitrogen and oxygen atoms in total. The van der Waals surface area contributed by atoms with Crippen LogP contribution in [0.25, 0.3) is 5.69 Å². The van der Waals surface area contributed by atoms with E-state index in [1.165, 1.54) is 18.2 Å². The molecular weight excluding hydrogens is 436 g/mol. The molecule has 0 bridgehead atoms. The molecule has 7 heteroatoms. The first-order valence-electron chi connectivity index (χ1n) is 11.8. The van der Waals surface area contributed by atoms with Gasteiger partial charge in [-0.1, -0.05) is 37.2 Å². The lowest BCUT2D eigenvalue weighted by Crippen LogP contribution is -2.31. The van der Waals surface area contributed by atoms with E-state index in [4.69, 9.17) is 4.84 Å². The zero-order valence-electron chi connectivity index (χ0n) is 19.5. The van der Waals surface area contributed by atoms with Crippen LogP contribution in [-0.2, 0) is 17.7 Å². The molecule has 1 fully saturated rings. The van der Waals surface area contributed by atoms with E-state index in [0.29, 0.717) is 5.56 Å². The van der Waals surface area contributed by atoms with Gasteiger partial charge in [-0.25, -0.2) is 8.78 Å². The van der Waals surface area contributed by atoms with Crippen molar-refractivity contribution in [2.75, 3.05) is 13.1 Å². The molecule has 0 aliphatic carbocycles. The lowest BCUT2D eigenvalue weighted by Gasteiger charge is -2.21. The summed E-state index contributed by atoms with van der Waals surface area (Å²) in [5.74, 6) is -1.41. The van der Waals surface area contributed by atoms with Gasteiger partial charge in [0.25, 0.3) is 5.56 Å². The summed E-state index contributed by atoms with van der Waals surface area (Å²) in [5, 5.41) is 7.61. The Kier molecular flexibility index (Phi) is 7.53. The molecule has 1 saturated heterocycles. The van der Waals surface area contributed by atoms with E-state index in [2.05, 4.69) is 10.5 Å². The van der Waals surface area contributed by atoms with Crippen LogP contribution in [0.5, 0.6) is 0 Å². The fourth-order valence-corrected chi connectivity index (χ4v) is 4.29. The fraction of sp³-hybridized carbons (Fsp3) is 0.333. The van der Waals surface area contributed by atoms with Crippen molar-refractivity contribution in [3.8, 4) is 5.69 Å². The van der Waals surface area contributed by atoms with Gasteiger partial charge in [-0.05, 0) is 68.1 Å². The summed E-state index contributed by atoms with van der Waals surface area (Å²) in [7, 11) is 0. The predicted molar refractivity (Wildman–Crippen MR) is 130 cm³/mol. The Labute approximate surface area is 198 Å². The number of halogens is 2. The number of nitrogens with one attached hydrogen (secondary N) is 1. The average Bonchev–Trinajstić information content (AvgIpc) is 2.86. The van der Waals surface area contributed by atoms with Gasteiger partial charge in [-0.2, -0.15) is 0 Å². The second-order valence-electron chi connectivity index (χ2n) is 8.38. The summed E-state index contributed by atoms with van der Waals surface area (Å²) < 4.78 is 30.1. The molecule has 0 spiro atoms. The highest BCUT2D eigenvalue weighted by molar-refractivity contribution is 6.12. The van der Waals surface area contributed by atoms with Crippen molar-refractivity contribution in [3.05, 3.63) is 99.0 Å². The number of aromatic nitrogens is 1. The van der Waals surface area contributed by atoms with E-state index < -0.39 is 11.6 Å². The Morgan fingerprint density at radius 2 is 1.76 bits per heavy atom. The Morgan fingerprint density at radius 1 is 1.06 bits per heavy atom. The van der Waals surface area contributed by atoms with Gasteiger partial charge in [0.2, 0.25) is 0 Å². The van der Waals surface area contributed by atoms with Gasteiger partial charge >= 0.3 is 0 Å². The fourth-order valence-electron chi connectivity index (χ4n) is 4.29. The first-order chi connectivity index (χ1) is 16.5. The zero-order valence-corrected chi connectivity index (χ0v) is 19.5. The number of hydrogen-bond acceptors (Lipinski definition) is 4. The van der Waals surface area contributed by atoms with Gasteiger partial charge in [-0.3, -0.25) is 9.36 Å². The molecule has 0 atom stereocenters. The van der Waals surface area contributed by atoms with Gasteiger partial charge in [0, 0.05) is 29.5 Å². The molecule has 1 aliphatic rings. The van der Waals surface area contributed by atoms with Crippen molar-refractivity contribution >= 4 is 5.71 Å². The summed E-state index contributed by atoms with van der Waals surface area (Å²) in [6.45, 7) is 5.72. The number of oxime groups is 1. The molecule has 0 unspecified atom stereocenters. The van der Waals surface area contributed by atoms with Gasteiger partial charge < -0.3 is 10.2 Å². The van der Waals surface area contributed by atoms with Crippen LogP contribution in [0.3, 0.4) is 0 Å². The van der Waals surface area contributed by atoms with E-state index in [0.717, 1.165) is 61.7 Å². The number of hydrogen-bond donors (Lipinski definition) is 1. The lowest BCUT2D eigenvalue weighted by molar-refractivity contribution is 0.0378. The van der Waals surface area contributed by atoms with E-state index in [-0.39, 0.29) is 22.9 Å². The molecular formula is C27H29F2N3O2. The molecule has 3 aromatic rings. The number of benzene rings is 2. The molecule has 2 aromatic carbocycles. The number of piperidine rings is 1. The monoisotopic (exact) mass is 465 g/mol. The van der Waals surface area contributed by atoms with Crippen LogP contribution in [-0.4, -0.2) is 29.5 Å². The third-order valence-corrected chi connectivity index (χ3v) is 6.16. The standard InChI is InChI=1S/C27H29F2N3O2/c1-3-18-6-5-7-19(4-2)27(18)32-17-20(8-11-25(32)33)26(23-10-9-21(28)16-24(23)29)31-34-22-12-14-30-15-13-22/h5-11,16-17,22,30H,3-4,12-15H2,1-2H3/b31-26-. The highest BCUT2D eigenvalue weighted by atomic mass is 19.1. The first kappa shape index (κ1) is 23.8. The van der Waals surface area contributed by atoms with Gasteiger partial charge in [0.1, 0.15) is 23.5 Å². The average molecular weight is 466 g/mol. The summed E-state index contributed by atoms with van der Waals surface area (Å²) in [6.07, 6.45) is 4.65. The summed E-state index contributed by atoms with van der Waals surface area (Å²) >= 11 is 0. The maximum Gasteiger partial charge on any atom is 0.255 e. The largest absolute Gasteiger partial charge is 0.392 e. The minimum Gasteiger partial charge on any atom is -0.392 e. The molecule has 1 aromatic heterocycles. The number of rotatable bonds is 7. The zero-order chi connectivity index (χ0) is 24.1. The Balaban J connectivity index is 1.85. The molecule has 1 aliphatic heterocycles. The van der Waals surface area contributed by atoms with Crippen LogP contribution in [0.1, 0.15) is 48.9 Å². The molecule has 178 valence electrons. The molecule has 0 amide bonds. The Hall–Kier alpha value is -3.32. The Bertz CT molecular complexity index is 1220. The summed E-state index contributed by atoms with van der Waals surface area (Å²) in [4.78, 5) is 18.8. The normalized spacial score (nSPS) is 14.9. The molecule has 34 heavy (non-hydrogen) atoms. The second-order valence-corrected chi connectivity index (χ2v) is 8.38. The summed E-state index contributed by atoms with van der Waals surface area (Å²) in [6, 6.07) is 12.4. The van der Waals surface area contributed by atoms with E-state index in [1.807, 2.05) is 32.0 Å². The highest BCUT2D eigenvalue weighted by Crippen LogP contribution is 2.22. The molecule has 1 N–H and O–H groups in total. The first-order valence-corrected chi connectivity index (χ1v) is 11.8. The summed E-state index contributed by atoms with van der Waals surface area (Å²) in [5.41, 5.74) is 3.55. The molecule has 4 rings (SSSR count). The number of para-hydroxylation sites is 1. The van der Waals surface area contributed by atoms with Crippen LogP contribution >= 0.6 is 0 Å². The van der Waals surface area contributed by atoms with E-state index in [1.54, 1.807) is 16.8 Å². The van der Waals surface area contributed by atoms with Crippen LogP contribution < -0.4 is 10.9 Å². The SMILES string of the molecule is CCc1cccc(CC)c1-n1cc(/C(=N/OC2CCNCC2)c2ccc(F)cc2F)ccc1=O. The van der Waals surface area contributed by atoms with Crippen molar-refractivity contribution in [2.24, 2.45) is 5.16 Å². The maximum atomic E-state index is 14.8. The third-order valence-electron chi connectivity index (χ3n) is 6.16. The van der Waals surface area contributed by atoms with Gasteiger partial charge in [0.15, 0.2) is 0 Å². The van der Waals surface area contributed by atoms with Crippen molar-refractivity contribution in [3.63, 3.8) is 0 Å². The van der Waals surface area contributed by atoms with Crippen LogP contribution in [0.4, 0.5) is 8.78 Å². The lowest BCUT2D eigenvalue weighted by atomic mass is 10.0. The van der Waals surface area contributed by atoms with Crippen LogP contribution in [0.2, 0.25) is 0 Å². The Morgan fingerprint density at radius 3 is 2.41 bits per heavy atom. The van der Waals surface area contributed by atoms with Crippen molar-refractivity contribution in [1.82, 2.24) is 9.88 Å². The number of pyridine rings is 1. The topological polar surface area (TPSA) is 55.6 Å². The van der Waals surface area contributed by atoms with Gasteiger partial charge in [0.05, 0.1) is 5.69 Å². The quantitative estimate of drug-likeness (QED) is 0.404. The van der Waals surface area contributed by atoms with E-state index >= 15 is 0 Å². The number of nitrogens with zero attached hydrogens (tertiary/aromatic N) is 2. The van der Waals surface area contributed by atoms with Gasteiger partial charge in [-0.15, -0.1) is 0 Å². The van der Waals surface area contributed by atoms with Crippen LogP contribution in [0, 0.1) is 11.6 Å². The highest BCUT2D eigenvalue weighted by Gasteiger charge is 2.19. The minimum atomic E-state index is -0.742. The maximum absolute atomic E-state index is 14.8. The predicted octanol–water partition coefficient (Wildman–Crippen LogP) is 4.76. The smallest absolute Gasteiger partial charge is 0.255 e. The van der Waals surface area contributed by atoms with Crippen molar-refractivity contribution in [1.29, 1.82) is 0 Å². The van der Waals surface area contributed by atoms with Crippen molar-refractivity contribution in [2.45, 2.75) is 45.6 Å².